The molecule has 0 amide bonds. The lowest BCUT2D eigenvalue weighted by atomic mass is 10.3. The average Bonchev–Trinajstić information content (AvgIpc) is 2.67. The Kier molecular flexibility index (Phi) is 3.59. The van der Waals surface area contributed by atoms with Crippen molar-refractivity contribution in [2.24, 2.45) is 0 Å². The quantitative estimate of drug-likeness (QED) is 0.908. The number of thiazole rings is 1. The number of hydrogen-bond donors (Lipinski definition) is 1. The van der Waals surface area contributed by atoms with Crippen LogP contribution in [0.15, 0.2) is 18.2 Å². The van der Waals surface area contributed by atoms with E-state index in [1.54, 1.807) is 6.07 Å². The maximum absolute atomic E-state index is 13.0. The van der Waals surface area contributed by atoms with Crippen molar-refractivity contribution in [1.29, 1.82) is 0 Å². The molecule has 3 nitrogen and oxygen atoms in total. The summed E-state index contributed by atoms with van der Waals surface area (Å²) < 4.78 is 13.9. The fourth-order valence-electron chi connectivity index (χ4n) is 1.39. The molecular formula is C12H16FN3S. The SMILES string of the molecule is CC(CNc1nc2ccc(F)cc2s1)N(C)C. The van der Waals surface area contributed by atoms with Crippen LogP contribution in [0.4, 0.5) is 9.52 Å². The minimum absolute atomic E-state index is 0.214. The topological polar surface area (TPSA) is 28.2 Å². The standard InChI is InChI=1S/C12H16FN3S/c1-8(16(2)3)7-14-12-15-10-5-4-9(13)6-11(10)17-12/h4-6,8H,7H2,1-3H3,(H,14,15). The molecule has 0 saturated heterocycles. The number of nitrogens with one attached hydrogen (secondary N) is 1. The Morgan fingerprint density at radius 3 is 2.94 bits per heavy atom. The van der Waals surface area contributed by atoms with Gasteiger partial charge in [-0.1, -0.05) is 11.3 Å². The van der Waals surface area contributed by atoms with Gasteiger partial charge in [-0.25, -0.2) is 9.37 Å². The van der Waals surface area contributed by atoms with Gasteiger partial charge in [-0.05, 0) is 39.2 Å². The van der Waals surface area contributed by atoms with Crippen LogP contribution in [-0.2, 0) is 0 Å². The van der Waals surface area contributed by atoms with Crippen LogP contribution in [0.25, 0.3) is 10.2 Å². The van der Waals surface area contributed by atoms with Gasteiger partial charge in [-0.3, -0.25) is 0 Å². The molecular weight excluding hydrogens is 237 g/mol. The van der Waals surface area contributed by atoms with Crippen LogP contribution in [0, 0.1) is 5.82 Å². The van der Waals surface area contributed by atoms with Crippen LogP contribution in [0.1, 0.15) is 6.92 Å². The summed E-state index contributed by atoms with van der Waals surface area (Å²) in [6.45, 7) is 2.97. The first-order valence-corrected chi connectivity index (χ1v) is 6.34. The Morgan fingerprint density at radius 2 is 2.24 bits per heavy atom. The van der Waals surface area contributed by atoms with Crippen LogP contribution >= 0.6 is 11.3 Å². The van der Waals surface area contributed by atoms with E-state index in [4.69, 9.17) is 0 Å². The van der Waals surface area contributed by atoms with Crippen molar-refractivity contribution < 1.29 is 4.39 Å². The van der Waals surface area contributed by atoms with E-state index in [9.17, 15) is 4.39 Å². The van der Waals surface area contributed by atoms with Gasteiger partial charge < -0.3 is 10.2 Å². The van der Waals surface area contributed by atoms with E-state index in [2.05, 4.69) is 22.1 Å². The van der Waals surface area contributed by atoms with Crippen molar-refractivity contribution in [3.05, 3.63) is 24.0 Å². The normalized spacial score (nSPS) is 13.2. The number of aromatic nitrogens is 1. The monoisotopic (exact) mass is 253 g/mol. The fourth-order valence-corrected chi connectivity index (χ4v) is 2.29. The number of rotatable bonds is 4. The van der Waals surface area contributed by atoms with Gasteiger partial charge in [-0.2, -0.15) is 0 Å². The molecule has 0 saturated carbocycles. The van der Waals surface area contributed by atoms with Crippen molar-refractivity contribution in [1.82, 2.24) is 9.88 Å². The predicted molar refractivity (Wildman–Crippen MR) is 71.2 cm³/mol. The maximum atomic E-state index is 13.0. The number of likely N-dealkylation sites (N-methyl/N-ethyl adjacent to an activating group) is 1. The Hall–Kier alpha value is -1.20. The molecule has 1 aromatic heterocycles. The summed E-state index contributed by atoms with van der Waals surface area (Å²) in [5.74, 6) is -0.214. The molecule has 5 heteroatoms. The summed E-state index contributed by atoms with van der Waals surface area (Å²) in [5, 5.41) is 4.12. The Bertz CT molecular complexity index is 509. The molecule has 0 aliphatic rings. The molecule has 17 heavy (non-hydrogen) atoms. The van der Waals surface area contributed by atoms with E-state index < -0.39 is 0 Å². The number of nitrogens with zero attached hydrogens (tertiary/aromatic N) is 2. The molecule has 2 rings (SSSR count). The molecule has 0 bridgehead atoms. The number of anilines is 1. The average molecular weight is 253 g/mol. The van der Waals surface area contributed by atoms with E-state index in [1.165, 1.54) is 23.5 Å². The molecule has 0 aliphatic heterocycles. The first-order valence-electron chi connectivity index (χ1n) is 5.52. The van der Waals surface area contributed by atoms with E-state index in [0.29, 0.717) is 6.04 Å². The highest BCUT2D eigenvalue weighted by molar-refractivity contribution is 7.22. The van der Waals surface area contributed by atoms with Gasteiger partial charge in [0.05, 0.1) is 10.2 Å². The highest BCUT2D eigenvalue weighted by atomic mass is 32.1. The van der Waals surface area contributed by atoms with E-state index >= 15 is 0 Å². The van der Waals surface area contributed by atoms with Crippen molar-refractivity contribution in [3.8, 4) is 0 Å². The molecule has 2 aromatic rings. The van der Waals surface area contributed by atoms with Gasteiger partial charge in [0.2, 0.25) is 0 Å². The van der Waals surface area contributed by atoms with Gasteiger partial charge in [0.1, 0.15) is 5.82 Å². The maximum Gasteiger partial charge on any atom is 0.183 e. The number of halogens is 1. The summed E-state index contributed by atoms with van der Waals surface area (Å²) in [7, 11) is 4.08. The summed E-state index contributed by atoms with van der Waals surface area (Å²) in [6.07, 6.45) is 0. The molecule has 0 aliphatic carbocycles. The Labute approximate surface area is 104 Å². The van der Waals surface area contributed by atoms with Crippen molar-refractivity contribution in [3.63, 3.8) is 0 Å². The van der Waals surface area contributed by atoms with Crippen molar-refractivity contribution in [2.45, 2.75) is 13.0 Å². The van der Waals surface area contributed by atoms with Gasteiger partial charge in [0.25, 0.3) is 0 Å². The second-order valence-corrected chi connectivity index (χ2v) is 5.36. The number of hydrogen-bond acceptors (Lipinski definition) is 4. The second-order valence-electron chi connectivity index (χ2n) is 4.32. The number of benzene rings is 1. The first kappa shape index (κ1) is 12.3. The van der Waals surface area contributed by atoms with Crippen LogP contribution in [0.2, 0.25) is 0 Å². The molecule has 1 heterocycles. The lowest BCUT2D eigenvalue weighted by molar-refractivity contribution is 0.326. The van der Waals surface area contributed by atoms with Gasteiger partial charge >= 0.3 is 0 Å². The molecule has 1 N–H and O–H groups in total. The van der Waals surface area contributed by atoms with Crippen molar-refractivity contribution in [2.75, 3.05) is 26.0 Å². The lowest BCUT2D eigenvalue weighted by Crippen LogP contribution is -2.31. The minimum atomic E-state index is -0.214. The summed E-state index contributed by atoms with van der Waals surface area (Å²) in [6, 6.07) is 5.10. The lowest BCUT2D eigenvalue weighted by Gasteiger charge is -2.19. The molecule has 1 aromatic carbocycles. The number of fused-ring (bicyclic) bond motifs is 1. The highest BCUT2D eigenvalue weighted by Crippen LogP contribution is 2.26. The summed E-state index contributed by atoms with van der Waals surface area (Å²) in [4.78, 5) is 6.55. The zero-order valence-corrected chi connectivity index (χ0v) is 11.0. The van der Waals surface area contributed by atoms with Gasteiger partial charge in [-0.15, -0.1) is 0 Å². The third kappa shape index (κ3) is 2.92. The van der Waals surface area contributed by atoms with E-state index in [-0.39, 0.29) is 5.82 Å². The van der Waals surface area contributed by atoms with Gasteiger partial charge in [0.15, 0.2) is 5.13 Å². The largest absolute Gasteiger partial charge is 0.360 e. The minimum Gasteiger partial charge on any atom is -0.360 e. The van der Waals surface area contributed by atoms with Crippen LogP contribution in [-0.4, -0.2) is 36.6 Å². The van der Waals surface area contributed by atoms with Crippen LogP contribution in [0.5, 0.6) is 0 Å². The van der Waals surface area contributed by atoms with E-state index in [1.807, 2.05) is 14.1 Å². The summed E-state index contributed by atoms with van der Waals surface area (Å²) >= 11 is 1.48. The smallest absolute Gasteiger partial charge is 0.183 e. The molecule has 0 radical (unpaired) electrons. The van der Waals surface area contributed by atoms with Crippen molar-refractivity contribution >= 4 is 26.7 Å². The van der Waals surface area contributed by atoms with E-state index in [0.717, 1.165) is 21.9 Å². The Balaban J connectivity index is 2.09. The van der Waals surface area contributed by atoms with Crippen LogP contribution in [0.3, 0.4) is 0 Å². The first-order chi connectivity index (χ1) is 8.06. The molecule has 0 fully saturated rings. The zero-order valence-electron chi connectivity index (χ0n) is 10.2. The zero-order chi connectivity index (χ0) is 12.4. The fraction of sp³-hybridized carbons (Fsp3) is 0.417. The third-order valence-corrected chi connectivity index (χ3v) is 3.76. The third-order valence-electron chi connectivity index (χ3n) is 2.78. The summed E-state index contributed by atoms with van der Waals surface area (Å²) in [5.41, 5.74) is 0.844. The second kappa shape index (κ2) is 4.98. The molecule has 1 atom stereocenters. The highest BCUT2D eigenvalue weighted by Gasteiger charge is 2.07. The van der Waals surface area contributed by atoms with Crippen LogP contribution < -0.4 is 5.32 Å². The molecule has 1 unspecified atom stereocenters. The molecule has 0 spiro atoms. The molecule has 92 valence electrons. The predicted octanol–water partition coefficient (Wildman–Crippen LogP) is 2.80. The Morgan fingerprint density at radius 1 is 1.47 bits per heavy atom. The van der Waals surface area contributed by atoms with Gasteiger partial charge in [0, 0.05) is 12.6 Å².